The van der Waals surface area contributed by atoms with Crippen LogP contribution in [-0.2, 0) is 0 Å². The summed E-state index contributed by atoms with van der Waals surface area (Å²) in [5.41, 5.74) is 1.74. The van der Waals surface area contributed by atoms with Crippen LogP contribution in [0.2, 0.25) is 0 Å². The number of pyridine rings is 1. The van der Waals surface area contributed by atoms with Crippen LogP contribution in [0, 0.1) is 31.1 Å². The summed E-state index contributed by atoms with van der Waals surface area (Å²) in [6.07, 6.45) is 1.56. The lowest BCUT2D eigenvalue weighted by Gasteiger charge is -2.13. The number of rotatable bonds is 6. The fraction of sp³-hybridized carbons (Fsp3) is 0.350. The van der Waals surface area contributed by atoms with E-state index < -0.39 is 5.56 Å². The van der Waals surface area contributed by atoms with E-state index >= 15 is 0 Å². The molecule has 0 aliphatic carbocycles. The molecule has 0 aliphatic rings. The summed E-state index contributed by atoms with van der Waals surface area (Å²) in [4.78, 5) is 12.4. The van der Waals surface area contributed by atoms with Crippen LogP contribution in [0.1, 0.15) is 36.2 Å². The number of aryl methyl sites for hydroxylation is 2. The Hall–Kier alpha value is -3.07. The Balaban J connectivity index is 2.38. The number of methoxy groups -OCH3 is 1. The van der Waals surface area contributed by atoms with Gasteiger partial charge in [0, 0.05) is 5.69 Å². The van der Waals surface area contributed by atoms with Gasteiger partial charge in [0.1, 0.15) is 11.6 Å². The van der Waals surface area contributed by atoms with Crippen LogP contribution >= 0.6 is 0 Å². The molecule has 6 heteroatoms. The second-order valence-electron chi connectivity index (χ2n) is 6.43. The maximum absolute atomic E-state index is 12.4. The molecule has 136 valence electrons. The summed E-state index contributed by atoms with van der Waals surface area (Å²) in [7, 11) is 1.59. The van der Waals surface area contributed by atoms with Gasteiger partial charge in [-0.05, 0) is 55.2 Å². The molecular weight excluding hydrogens is 330 g/mol. The van der Waals surface area contributed by atoms with E-state index in [4.69, 9.17) is 14.7 Å². The minimum atomic E-state index is -0.425. The van der Waals surface area contributed by atoms with Crippen LogP contribution in [0.15, 0.2) is 34.2 Å². The Morgan fingerprint density at radius 1 is 1.27 bits per heavy atom. The molecule has 1 aromatic heterocycles. The predicted molar refractivity (Wildman–Crippen MR) is 101 cm³/mol. The number of nitriles is 1. The standard InChI is InChI=1S/C20H23N3O3/c1-13(2)12-26-19-9-16(6-7-18(19)25-5)11-22-23-15(4)8-14(3)17(10-21)20(23)24/h6-9,11,13H,12H2,1-5H3/b22-11+. The maximum Gasteiger partial charge on any atom is 0.289 e. The number of nitrogens with zero attached hydrogens (tertiary/aromatic N) is 3. The first-order valence-electron chi connectivity index (χ1n) is 8.36. The highest BCUT2D eigenvalue weighted by atomic mass is 16.5. The molecule has 2 aromatic rings. The Morgan fingerprint density at radius 3 is 2.62 bits per heavy atom. The number of hydrogen-bond donors (Lipinski definition) is 0. The van der Waals surface area contributed by atoms with Gasteiger partial charge in [0.05, 0.1) is 19.9 Å². The Bertz CT molecular complexity index is 921. The van der Waals surface area contributed by atoms with Gasteiger partial charge in [0.15, 0.2) is 11.5 Å². The lowest BCUT2D eigenvalue weighted by molar-refractivity contribution is 0.257. The summed E-state index contributed by atoms with van der Waals surface area (Å²) < 4.78 is 12.3. The van der Waals surface area contributed by atoms with Crippen LogP contribution < -0.4 is 15.0 Å². The van der Waals surface area contributed by atoms with Gasteiger partial charge in [0.2, 0.25) is 0 Å². The Labute approximate surface area is 153 Å². The first-order valence-corrected chi connectivity index (χ1v) is 8.36. The molecule has 2 rings (SSSR count). The molecule has 0 aliphatic heterocycles. The Kier molecular flexibility index (Phi) is 6.18. The predicted octanol–water partition coefficient (Wildman–Crippen LogP) is 3.26. The molecule has 26 heavy (non-hydrogen) atoms. The summed E-state index contributed by atoms with van der Waals surface area (Å²) in [5, 5.41) is 13.4. The summed E-state index contributed by atoms with van der Waals surface area (Å²) in [5.74, 6) is 1.64. The molecule has 0 unspecified atom stereocenters. The number of hydrogen-bond acceptors (Lipinski definition) is 5. The minimum Gasteiger partial charge on any atom is -0.493 e. The van der Waals surface area contributed by atoms with Gasteiger partial charge in [-0.1, -0.05) is 13.8 Å². The third-order valence-electron chi connectivity index (χ3n) is 3.75. The number of ether oxygens (including phenoxy) is 2. The van der Waals surface area contributed by atoms with Gasteiger partial charge >= 0.3 is 0 Å². The van der Waals surface area contributed by atoms with Gasteiger partial charge in [0.25, 0.3) is 5.56 Å². The quantitative estimate of drug-likeness (QED) is 0.747. The molecule has 1 heterocycles. The first-order chi connectivity index (χ1) is 12.4. The third-order valence-corrected chi connectivity index (χ3v) is 3.75. The van der Waals surface area contributed by atoms with Crippen molar-refractivity contribution in [3.63, 3.8) is 0 Å². The fourth-order valence-electron chi connectivity index (χ4n) is 2.43. The summed E-state index contributed by atoms with van der Waals surface area (Å²) in [6, 6.07) is 9.13. The molecule has 0 bridgehead atoms. The first kappa shape index (κ1) is 19.3. The largest absolute Gasteiger partial charge is 0.493 e. The molecule has 0 N–H and O–H groups in total. The van der Waals surface area contributed by atoms with E-state index in [-0.39, 0.29) is 5.56 Å². The zero-order valence-corrected chi connectivity index (χ0v) is 15.7. The zero-order chi connectivity index (χ0) is 19.3. The second-order valence-corrected chi connectivity index (χ2v) is 6.43. The van der Waals surface area contributed by atoms with E-state index in [2.05, 4.69) is 18.9 Å². The lowest BCUT2D eigenvalue weighted by Crippen LogP contribution is -2.22. The molecular formula is C20H23N3O3. The molecule has 0 spiro atoms. The van der Waals surface area contributed by atoms with Crippen LogP contribution in [0.25, 0.3) is 0 Å². The van der Waals surface area contributed by atoms with E-state index in [0.29, 0.717) is 35.3 Å². The zero-order valence-electron chi connectivity index (χ0n) is 15.7. The monoisotopic (exact) mass is 353 g/mol. The third kappa shape index (κ3) is 4.31. The van der Waals surface area contributed by atoms with E-state index in [1.165, 1.54) is 4.68 Å². The van der Waals surface area contributed by atoms with Gasteiger partial charge < -0.3 is 9.47 Å². The van der Waals surface area contributed by atoms with Crippen LogP contribution in [0.5, 0.6) is 11.5 Å². The van der Waals surface area contributed by atoms with Crippen molar-refractivity contribution < 1.29 is 9.47 Å². The van der Waals surface area contributed by atoms with E-state index in [1.807, 2.05) is 18.2 Å². The highest BCUT2D eigenvalue weighted by Gasteiger charge is 2.10. The highest BCUT2D eigenvalue weighted by Crippen LogP contribution is 2.28. The SMILES string of the molecule is COc1ccc(/C=N/n2c(C)cc(C)c(C#N)c2=O)cc1OCC(C)C. The molecule has 0 atom stereocenters. The van der Waals surface area contributed by atoms with Crippen molar-refractivity contribution in [1.82, 2.24) is 4.68 Å². The van der Waals surface area contributed by atoms with Crippen molar-refractivity contribution in [2.24, 2.45) is 11.0 Å². The molecule has 6 nitrogen and oxygen atoms in total. The molecule has 0 amide bonds. The molecule has 0 radical (unpaired) electrons. The van der Waals surface area contributed by atoms with Crippen LogP contribution in [0.4, 0.5) is 0 Å². The number of benzene rings is 1. The van der Waals surface area contributed by atoms with Crippen molar-refractivity contribution in [2.75, 3.05) is 13.7 Å². The van der Waals surface area contributed by atoms with Gasteiger partial charge in [-0.15, -0.1) is 0 Å². The number of aromatic nitrogens is 1. The molecule has 0 saturated carbocycles. The van der Waals surface area contributed by atoms with Crippen molar-refractivity contribution in [2.45, 2.75) is 27.7 Å². The van der Waals surface area contributed by atoms with Crippen molar-refractivity contribution in [3.05, 3.63) is 57.0 Å². The van der Waals surface area contributed by atoms with E-state index in [1.54, 1.807) is 39.3 Å². The minimum absolute atomic E-state index is 0.100. The summed E-state index contributed by atoms with van der Waals surface area (Å²) >= 11 is 0. The fourth-order valence-corrected chi connectivity index (χ4v) is 2.43. The topological polar surface area (TPSA) is 76.6 Å². The lowest BCUT2D eigenvalue weighted by atomic mass is 10.1. The second kappa shape index (κ2) is 8.34. The average Bonchev–Trinajstić information content (AvgIpc) is 2.59. The van der Waals surface area contributed by atoms with Crippen molar-refractivity contribution in [3.8, 4) is 17.6 Å². The average molecular weight is 353 g/mol. The van der Waals surface area contributed by atoms with Crippen molar-refractivity contribution >= 4 is 6.21 Å². The Morgan fingerprint density at radius 2 is 2.00 bits per heavy atom. The molecule has 1 aromatic carbocycles. The van der Waals surface area contributed by atoms with Crippen molar-refractivity contribution in [1.29, 1.82) is 5.26 Å². The van der Waals surface area contributed by atoms with Crippen LogP contribution in [-0.4, -0.2) is 24.6 Å². The molecule has 0 fully saturated rings. The van der Waals surface area contributed by atoms with Gasteiger partial charge in [-0.3, -0.25) is 4.79 Å². The summed E-state index contributed by atoms with van der Waals surface area (Å²) in [6.45, 7) is 8.22. The van der Waals surface area contributed by atoms with Crippen LogP contribution in [0.3, 0.4) is 0 Å². The van der Waals surface area contributed by atoms with E-state index in [9.17, 15) is 4.79 Å². The van der Waals surface area contributed by atoms with Gasteiger partial charge in [-0.25, -0.2) is 4.68 Å². The van der Waals surface area contributed by atoms with Gasteiger partial charge in [-0.2, -0.15) is 10.4 Å². The normalized spacial score (nSPS) is 11.0. The molecule has 0 saturated heterocycles. The highest BCUT2D eigenvalue weighted by molar-refractivity contribution is 5.80. The smallest absolute Gasteiger partial charge is 0.289 e. The van der Waals surface area contributed by atoms with E-state index in [0.717, 1.165) is 5.56 Å². The maximum atomic E-state index is 12.4.